The summed E-state index contributed by atoms with van der Waals surface area (Å²) in [6, 6.07) is 12.7. The van der Waals surface area contributed by atoms with Crippen LogP contribution in [0, 0.1) is 0 Å². The van der Waals surface area contributed by atoms with Crippen LogP contribution in [0.1, 0.15) is 43.1 Å². The van der Waals surface area contributed by atoms with E-state index in [2.05, 4.69) is 32.3 Å². The number of aliphatic imine (C=N–C) groups is 1. The van der Waals surface area contributed by atoms with Crippen LogP contribution in [0.3, 0.4) is 0 Å². The third kappa shape index (κ3) is 4.74. The number of hydrogen-bond donors (Lipinski definition) is 4. The fourth-order valence-electron chi connectivity index (χ4n) is 4.59. The monoisotopic (exact) mass is 445 g/mol. The standard InChI is InChI=1S/C24H31N9/c25-14-20(16-4-2-1-3-5-16)32-24-28-11-10-19(31-24)21-15-29-23-22(27-12-13-33(21)23)30-18-8-6-17(26)7-9-18/h1-5,10-11,15,17-18,20H,6-9,12-14,25-26H2,(H,27,30)(H,28,31,32). The molecule has 0 saturated heterocycles. The lowest BCUT2D eigenvalue weighted by molar-refractivity contribution is 0.372. The first-order valence-corrected chi connectivity index (χ1v) is 11.7. The fourth-order valence-corrected chi connectivity index (χ4v) is 4.59. The molecule has 1 aliphatic carbocycles. The van der Waals surface area contributed by atoms with Crippen LogP contribution in [0.25, 0.3) is 11.4 Å². The number of nitrogens with one attached hydrogen (secondary N) is 2. The second-order valence-electron chi connectivity index (χ2n) is 8.71. The van der Waals surface area contributed by atoms with E-state index in [1.54, 1.807) is 6.20 Å². The summed E-state index contributed by atoms with van der Waals surface area (Å²) in [5.74, 6) is 2.28. The molecule has 33 heavy (non-hydrogen) atoms. The summed E-state index contributed by atoms with van der Waals surface area (Å²) in [6.07, 6.45) is 7.88. The molecule has 1 atom stereocenters. The lowest BCUT2D eigenvalue weighted by Crippen LogP contribution is -2.43. The zero-order valence-corrected chi connectivity index (χ0v) is 18.7. The van der Waals surface area contributed by atoms with Gasteiger partial charge in [-0.1, -0.05) is 30.3 Å². The summed E-state index contributed by atoms with van der Waals surface area (Å²) in [4.78, 5) is 18.6. The Hall–Kier alpha value is -3.30. The number of amidine groups is 1. The van der Waals surface area contributed by atoms with Crippen molar-refractivity contribution in [3.63, 3.8) is 0 Å². The van der Waals surface area contributed by atoms with Crippen molar-refractivity contribution < 1.29 is 0 Å². The molecule has 1 saturated carbocycles. The fraction of sp³-hybridized carbons (Fsp3) is 0.417. The van der Waals surface area contributed by atoms with Crippen LogP contribution in [0.2, 0.25) is 0 Å². The van der Waals surface area contributed by atoms with E-state index in [1.807, 2.05) is 30.5 Å². The van der Waals surface area contributed by atoms with Gasteiger partial charge in [-0.15, -0.1) is 0 Å². The molecular formula is C24H31N9. The van der Waals surface area contributed by atoms with Gasteiger partial charge < -0.3 is 26.7 Å². The van der Waals surface area contributed by atoms with Crippen molar-refractivity contribution in [2.75, 3.05) is 18.4 Å². The second-order valence-corrected chi connectivity index (χ2v) is 8.71. The number of hydrogen-bond acceptors (Lipinski definition) is 8. The molecule has 9 heteroatoms. The van der Waals surface area contributed by atoms with Gasteiger partial charge in [-0.05, 0) is 37.3 Å². The first-order chi connectivity index (χ1) is 16.2. The Kier molecular flexibility index (Phi) is 6.32. The van der Waals surface area contributed by atoms with Gasteiger partial charge in [-0.2, -0.15) is 0 Å². The van der Waals surface area contributed by atoms with Gasteiger partial charge in [-0.3, -0.25) is 4.99 Å². The quantitative estimate of drug-likeness (QED) is 0.457. The molecule has 3 aromatic rings. The maximum atomic E-state index is 6.06. The number of rotatable bonds is 6. The summed E-state index contributed by atoms with van der Waals surface area (Å²) >= 11 is 0. The number of anilines is 1. The topological polar surface area (TPSA) is 132 Å². The Morgan fingerprint density at radius 2 is 1.88 bits per heavy atom. The van der Waals surface area contributed by atoms with E-state index >= 15 is 0 Å². The highest BCUT2D eigenvalue weighted by Gasteiger charge is 2.25. The molecule has 6 N–H and O–H groups in total. The smallest absolute Gasteiger partial charge is 0.223 e. The Morgan fingerprint density at radius 1 is 1.06 bits per heavy atom. The Labute approximate surface area is 193 Å². The SMILES string of the molecule is NCC(Nc1nccc(-c2cnc3n2CCN=C3NC2CCC(N)CC2)n1)c1ccccc1. The Balaban J connectivity index is 1.35. The molecule has 0 bridgehead atoms. The molecule has 1 aliphatic heterocycles. The molecule has 2 aliphatic rings. The van der Waals surface area contributed by atoms with E-state index in [0.717, 1.165) is 60.8 Å². The summed E-state index contributed by atoms with van der Waals surface area (Å²) in [7, 11) is 0. The summed E-state index contributed by atoms with van der Waals surface area (Å²) in [6.45, 7) is 1.93. The van der Waals surface area contributed by atoms with E-state index in [-0.39, 0.29) is 6.04 Å². The number of fused-ring (bicyclic) bond motifs is 1. The van der Waals surface area contributed by atoms with Crippen LogP contribution in [0.4, 0.5) is 5.95 Å². The minimum absolute atomic E-state index is 0.0626. The van der Waals surface area contributed by atoms with Crippen molar-refractivity contribution in [3.05, 3.63) is 60.2 Å². The zero-order valence-electron chi connectivity index (χ0n) is 18.7. The van der Waals surface area contributed by atoms with E-state index in [4.69, 9.17) is 26.4 Å². The molecule has 1 aromatic carbocycles. The largest absolute Gasteiger partial charge is 0.365 e. The van der Waals surface area contributed by atoms with Crippen molar-refractivity contribution in [1.82, 2.24) is 24.8 Å². The molecule has 0 spiro atoms. The maximum Gasteiger partial charge on any atom is 0.223 e. The van der Waals surface area contributed by atoms with Crippen LogP contribution in [-0.4, -0.2) is 50.5 Å². The first kappa shape index (κ1) is 21.5. The Bertz CT molecular complexity index is 1100. The molecule has 1 fully saturated rings. The highest BCUT2D eigenvalue weighted by atomic mass is 15.2. The molecule has 2 aromatic heterocycles. The summed E-state index contributed by atoms with van der Waals surface area (Å²) in [5, 5.41) is 6.99. The lowest BCUT2D eigenvalue weighted by atomic mass is 9.92. The van der Waals surface area contributed by atoms with E-state index in [0.29, 0.717) is 31.1 Å². The van der Waals surface area contributed by atoms with Crippen LogP contribution >= 0.6 is 0 Å². The zero-order chi connectivity index (χ0) is 22.6. The summed E-state index contributed by atoms with van der Waals surface area (Å²) in [5.41, 5.74) is 15.0. The molecule has 9 nitrogen and oxygen atoms in total. The minimum Gasteiger partial charge on any atom is -0.365 e. The van der Waals surface area contributed by atoms with Crippen molar-refractivity contribution in [3.8, 4) is 11.4 Å². The molecule has 1 unspecified atom stereocenters. The van der Waals surface area contributed by atoms with Gasteiger partial charge >= 0.3 is 0 Å². The van der Waals surface area contributed by atoms with Gasteiger partial charge in [0.25, 0.3) is 0 Å². The van der Waals surface area contributed by atoms with Gasteiger partial charge in [0.05, 0.1) is 30.2 Å². The minimum atomic E-state index is -0.0626. The van der Waals surface area contributed by atoms with Gasteiger partial charge in [0.15, 0.2) is 11.7 Å². The highest BCUT2D eigenvalue weighted by molar-refractivity contribution is 5.97. The van der Waals surface area contributed by atoms with Crippen molar-refractivity contribution in [2.45, 2.75) is 50.4 Å². The van der Waals surface area contributed by atoms with Crippen LogP contribution in [0.15, 0.2) is 53.8 Å². The third-order valence-electron chi connectivity index (χ3n) is 6.43. The average Bonchev–Trinajstić information content (AvgIpc) is 3.30. The molecule has 5 rings (SSSR count). The molecular weight excluding hydrogens is 414 g/mol. The number of imidazole rings is 1. The van der Waals surface area contributed by atoms with Gasteiger partial charge in [0, 0.05) is 31.4 Å². The van der Waals surface area contributed by atoms with Gasteiger partial charge in [0.1, 0.15) is 0 Å². The number of aromatic nitrogens is 4. The second kappa shape index (κ2) is 9.68. The highest BCUT2D eigenvalue weighted by Crippen LogP contribution is 2.24. The van der Waals surface area contributed by atoms with E-state index in [1.165, 1.54) is 0 Å². The number of nitrogens with two attached hydrogens (primary N) is 2. The normalized spacial score (nSPS) is 21.1. The Morgan fingerprint density at radius 3 is 2.67 bits per heavy atom. The summed E-state index contributed by atoms with van der Waals surface area (Å²) < 4.78 is 2.19. The van der Waals surface area contributed by atoms with E-state index in [9.17, 15) is 0 Å². The molecule has 172 valence electrons. The van der Waals surface area contributed by atoms with Crippen LogP contribution in [-0.2, 0) is 6.54 Å². The average molecular weight is 446 g/mol. The van der Waals surface area contributed by atoms with Crippen molar-refractivity contribution in [2.24, 2.45) is 16.5 Å². The maximum absolute atomic E-state index is 6.06. The van der Waals surface area contributed by atoms with Crippen LogP contribution < -0.4 is 22.1 Å². The van der Waals surface area contributed by atoms with Gasteiger partial charge in [-0.25, -0.2) is 15.0 Å². The molecule has 3 heterocycles. The first-order valence-electron chi connectivity index (χ1n) is 11.7. The number of benzene rings is 1. The predicted octanol–water partition coefficient (Wildman–Crippen LogP) is 2.07. The van der Waals surface area contributed by atoms with Crippen LogP contribution in [0.5, 0.6) is 0 Å². The molecule has 0 amide bonds. The van der Waals surface area contributed by atoms with Gasteiger partial charge in [0.2, 0.25) is 5.95 Å². The molecule has 0 radical (unpaired) electrons. The van der Waals surface area contributed by atoms with Crippen molar-refractivity contribution >= 4 is 11.8 Å². The third-order valence-corrected chi connectivity index (χ3v) is 6.43. The number of nitrogens with zero attached hydrogens (tertiary/aromatic N) is 5. The van der Waals surface area contributed by atoms with Crippen molar-refractivity contribution in [1.29, 1.82) is 0 Å². The predicted molar refractivity (Wildman–Crippen MR) is 130 cm³/mol. The lowest BCUT2D eigenvalue weighted by Gasteiger charge is -2.29. The van der Waals surface area contributed by atoms with E-state index < -0.39 is 0 Å².